The molecule has 226 valence electrons. The van der Waals surface area contributed by atoms with E-state index in [9.17, 15) is 9.59 Å². The molecule has 6 rings (SSSR count). The van der Waals surface area contributed by atoms with Crippen LogP contribution < -0.4 is 29.8 Å². The SMILES string of the molecule is COc1ccc2[nH]c(-n3ccc(=O)c(OC)c3CSSCc3c(OC)c(=O)ccn3-c3nc4nc(OC)ccc4[nH]3)nc2n1. The minimum atomic E-state index is -0.256. The Bertz CT molecular complexity index is 1950. The monoisotopic (exact) mass is 634 g/mol. The lowest BCUT2D eigenvalue weighted by Crippen LogP contribution is -2.15. The van der Waals surface area contributed by atoms with E-state index >= 15 is 0 Å². The van der Waals surface area contributed by atoms with Gasteiger partial charge in [0.05, 0.1) is 50.9 Å². The van der Waals surface area contributed by atoms with Gasteiger partial charge >= 0.3 is 0 Å². The zero-order chi connectivity index (χ0) is 30.8. The van der Waals surface area contributed by atoms with Crippen LogP contribution >= 0.6 is 21.6 Å². The number of fused-ring (bicyclic) bond motifs is 2. The molecule has 44 heavy (non-hydrogen) atoms. The smallest absolute Gasteiger partial charge is 0.223 e. The van der Waals surface area contributed by atoms with E-state index in [-0.39, 0.29) is 22.4 Å². The molecule has 6 aromatic heterocycles. The van der Waals surface area contributed by atoms with Gasteiger partial charge in [-0.25, -0.2) is 0 Å². The standard InChI is InChI=1S/C28H26N8O6S2/c1-39-21-7-5-15-25(31-21)33-27(29-15)35-11-9-19(37)23(41-3)17(35)13-43-44-14-18-24(42-4)20(38)10-12-36(18)28-30-16-6-8-22(40-2)32-26(16)34-28/h5-12H,13-14H2,1-4H3,(H,29,31,33)(H,30,32,34). The summed E-state index contributed by atoms with van der Waals surface area (Å²) in [4.78, 5) is 49.9. The minimum Gasteiger partial charge on any atom is -0.491 e. The van der Waals surface area contributed by atoms with E-state index in [0.717, 1.165) is 0 Å². The molecule has 2 N–H and O–H groups in total. The van der Waals surface area contributed by atoms with Crippen LogP contribution in [0.2, 0.25) is 0 Å². The van der Waals surface area contributed by atoms with Crippen molar-refractivity contribution >= 4 is 43.9 Å². The Morgan fingerprint density at radius 1 is 0.614 bits per heavy atom. The molecule has 16 heteroatoms. The van der Waals surface area contributed by atoms with Crippen LogP contribution in [-0.4, -0.2) is 67.5 Å². The number of imidazole rings is 2. The summed E-state index contributed by atoms with van der Waals surface area (Å²) >= 11 is 0. The van der Waals surface area contributed by atoms with Gasteiger partial charge in [0.1, 0.15) is 0 Å². The predicted molar refractivity (Wildman–Crippen MR) is 168 cm³/mol. The molecule has 6 heterocycles. The Hall–Kier alpha value is -4.96. The zero-order valence-electron chi connectivity index (χ0n) is 24.0. The number of aromatic amines is 2. The summed E-state index contributed by atoms with van der Waals surface area (Å²) in [5.41, 5.74) is 3.04. The molecule has 0 amide bonds. The van der Waals surface area contributed by atoms with Crippen molar-refractivity contribution in [2.24, 2.45) is 0 Å². The second-order valence-electron chi connectivity index (χ2n) is 9.15. The molecule has 0 saturated heterocycles. The predicted octanol–water partition coefficient (Wildman–Crippen LogP) is 3.65. The van der Waals surface area contributed by atoms with Crippen LogP contribution in [0.5, 0.6) is 23.3 Å². The van der Waals surface area contributed by atoms with Crippen molar-refractivity contribution in [1.82, 2.24) is 39.0 Å². The van der Waals surface area contributed by atoms with Crippen molar-refractivity contribution in [3.05, 3.63) is 80.6 Å². The summed E-state index contributed by atoms with van der Waals surface area (Å²) in [5.74, 6) is 2.94. The van der Waals surface area contributed by atoms with E-state index in [4.69, 9.17) is 18.9 Å². The molecule has 0 bridgehead atoms. The van der Waals surface area contributed by atoms with Crippen molar-refractivity contribution in [2.75, 3.05) is 28.4 Å². The summed E-state index contributed by atoms with van der Waals surface area (Å²) in [6.07, 6.45) is 3.28. The maximum atomic E-state index is 12.7. The third-order valence-corrected chi connectivity index (χ3v) is 8.83. The molecule has 14 nitrogen and oxygen atoms in total. The summed E-state index contributed by atoms with van der Waals surface area (Å²) < 4.78 is 25.0. The largest absolute Gasteiger partial charge is 0.491 e. The minimum absolute atomic E-state index is 0.200. The maximum absolute atomic E-state index is 12.7. The van der Waals surface area contributed by atoms with Crippen molar-refractivity contribution < 1.29 is 18.9 Å². The molecule has 0 fully saturated rings. The molecule has 0 spiro atoms. The molecule has 0 aliphatic carbocycles. The van der Waals surface area contributed by atoms with Crippen LogP contribution in [0.4, 0.5) is 0 Å². The van der Waals surface area contributed by atoms with Gasteiger partial charge in [-0.15, -0.1) is 0 Å². The van der Waals surface area contributed by atoms with E-state index in [1.54, 1.807) is 33.7 Å². The molecule has 6 aromatic rings. The van der Waals surface area contributed by atoms with Crippen LogP contribution in [0, 0.1) is 0 Å². The van der Waals surface area contributed by atoms with Gasteiger partial charge in [0.15, 0.2) is 22.8 Å². The molecule has 0 unspecified atom stereocenters. The summed E-state index contributed by atoms with van der Waals surface area (Å²) in [6.45, 7) is 0. The summed E-state index contributed by atoms with van der Waals surface area (Å²) in [7, 11) is 8.93. The Balaban J connectivity index is 1.29. The zero-order valence-corrected chi connectivity index (χ0v) is 25.6. The first-order valence-electron chi connectivity index (χ1n) is 13.1. The highest BCUT2D eigenvalue weighted by Gasteiger charge is 2.19. The highest BCUT2D eigenvalue weighted by atomic mass is 33.1. The fourth-order valence-corrected chi connectivity index (χ4v) is 6.70. The lowest BCUT2D eigenvalue weighted by atomic mass is 10.3. The topological polar surface area (TPSA) is 164 Å². The summed E-state index contributed by atoms with van der Waals surface area (Å²) in [6, 6.07) is 9.96. The second-order valence-corrected chi connectivity index (χ2v) is 11.6. The number of nitrogens with zero attached hydrogens (tertiary/aromatic N) is 6. The molecule has 0 atom stereocenters. The molecule has 0 radical (unpaired) electrons. The van der Waals surface area contributed by atoms with Crippen molar-refractivity contribution in [3.63, 3.8) is 0 Å². The maximum Gasteiger partial charge on any atom is 0.223 e. The van der Waals surface area contributed by atoms with Gasteiger partial charge in [-0.2, -0.15) is 19.9 Å². The highest BCUT2D eigenvalue weighted by molar-refractivity contribution is 8.76. The van der Waals surface area contributed by atoms with E-state index in [2.05, 4.69) is 29.9 Å². The first kappa shape index (κ1) is 29.1. The summed E-state index contributed by atoms with van der Waals surface area (Å²) in [5, 5.41) is 0. The van der Waals surface area contributed by atoms with Crippen LogP contribution in [-0.2, 0) is 11.5 Å². The Morgan fingerprint density at radius 3 is 1.43 bits per heavy atom. The number of hydrogen-bond acceptors (Lipinski definition) is 12. The molecule has 0 aliphatic rings. The number of hydrogen-bond donors (Lipinski definition) is 2. The van der Waals surface area contributed by atoms with Gasteiger partial charge in [0.2, 0.25) is 34.5 Å². The number of methoxy groups -OCH3 is 4. The molecule has 0 saturated carbocycles. The van der Waals surface area contributed by atoms with Crippen LogP contribution in [0.1, 0.15) is 11.4 Å². The lowest BCUT2D eigenvalue weighted by Gasteiger charge is -2.15. The van der Waals surface area contributed by atoms with Gasteiger partial charge in [-0.3, -0.25) is 18.7 Å². The van der Waals surface area contributed by atoms with E-state index in [1.165, 1.54) is 62.2 Å². The van der Waals surface area contributed by atoms with Crippen molar-refractivity contribution in [1.29, 1.82) is 0 Å². The first-order valence-corrected chi connectivity index (χ1v) is 15.6. The fourth-order valence-electron chi connectivity index (χ4n) is 4.60. The molecule has 0 aliphatic heterocycles. The lowest BCUT2D eigenvalue weighted by molar-refractivity contribution is 0.399. The number of aromatic nitrogens is 8. The third-order valence-electron chi connectivity index (χ3n) is 6.68. The average molecular weight is 635 g/mol. The quantitative estimate of drug-likeness (QED) is 0.157. The third kappa shape index (κ3) is 5.44. The van der Waals surface area contributed by atoms with E-state index < -0.39 is 0 Å². The van der Waals surface area contributed by atoms with Gasteiger partial charge in [-0.1, -0.05) is 21.6 Å². The normalized spacial score (nSPS) is 11.3. The molecular weight excluding hydrogens is 608 g/mol. The van der Waals surface area contributed by atoms with Gasteiger partial charge < -0.3 is 28.9 Å². The second kappa shape index (κ2) is 12.3. The van der Waals surface area contributed by atoms with E-state index in [1.807, 2.05) is 12.1 Å². The fraction of sp³-hybridized carbons (Fsp3) is 0.214. The van der Waals surface area contributed by atoms with Crippen LogP contribution in [0.3, 0.4) is 0 Å². The Morgan fingerprint density at radius 2 is 1.05 bits per heavy atom. The number of rotatable bonds is 11. The Labute approximate surface area is 257 Å². The van der Waals surface area contributed by atoms with Crippen LogP contribution in [0.25, 0.3) is 34.2 Å². The Kier molecular flexibility index (Phi) is 8.17. The molecular formula is C28H26N8O6S2. The van der Waals surface area contributed by atoms with Gasteiger partial charge in [-0.05, 0) is 12.1 Å². The van der Waals surface area contributed by atoms with Crippen molar-refractivity contribution in [3.8, 4) is 35.2 Å². The number of nitrogens with one attached hydrogen (secondary N) is 2. The van der Waals surface area contributed by atoms with E-state index in [0.29, 0.717) is 68.9 Å². The van der Waals surface area contributed by atoms with Gasteiger partial charge in [0.25, 0.3) is 0 Å². The number of ether oxygens (including phenoxy) is 4. The first-order chi connectivity index (χ1) is 21.4. The highest BCUT2D eigenvalue weighted by Crippen LogP contribution is 2.34. The van der Waals surface area contributed by atoms with Gasteiger partial charge in [0, 0.05) is 48.2 Å². The van der Waals surface area contributed by atoms with Crippen LogP contribution in [0.15, 0.2) is 58.4 Å². The number of pyridine rings is 4. The average Bonchev–Trinajstić information content (AvgIpc) is 3.66. The van der Waals surface area contributed by atoms with Crippen molar-refractivity contribution in [2.45, 2.75) is 11.5 Å². The molecule has 0 aromatic carbocycles. The number of H-pyrrole nitrogens is 2.